The zero-order chi connectivity index (χ0) is 14.4. The lowest BCUT2D eigenvalue weighted by Crippen LogP contribution is -2.58. The summed E-state index contributed by atoms with van der Waals surface area (Å²) in [5.41, 5.74) is 0.640. The van der Waals surface area contributed by atoms with Gasteiger partial charge < -0.3 is 14.4 Å². The minimum absolute atomic E-state index is 0.450. The SMILES string of the molecule is CCCC(C)OC1CCC2(CC1)CN(CCCOC)C2. The highest BCUT2D eigenvalue weighted by Gasteiger charge is 2.44. The van der Waals surface area contributed by atoms with E-state index in [9.17, 15) is 0 Å². The van der Waals surface area contributed by atoms with Gasteiger partial charge in [-0.25, -0.2) is 0 Å². The van der Waals surface area contributed by atoms with Crippen LogP contribution < -0.4 is 0 Å². The molecule has 0 aromatic heterocycles. The third-order valence-corrected chi connectivity index (χ3v) is 5.05. The molecule has 3 heteroatoms. The van der Waals surface area contributed by atoms with E-state index in [0.717, 1.165) is 6.61 Å². The Labute approximate surface area is 125 Å². The summed E-state index contributed by atoms with van der Waals surface area (Å²) in [5, 5.41) is 0. The summed E-state index contributed by atoms with van der Waals surface area (Å²) in [5.74, 6) is 0. The zero-order valence-corrected chi connectivity index (χ0v) is 13.7. The molecule has 3 nitrogen and oxygen atoms in total. The average Bonchev–Trinajstić information content (AvgIpc) is 2.39. The molecule has 2 rings (SSSR count). The van der Waals surface area contributed by atoms with Gasteiger partial charge in [0.05, 0.1) is 12.2 Å². The lowest BCUT2D eigenvalue weighted by molar-refractivity contribution is -0.0888. The Morgan fingerprint density at radius 3 is 2.55 bits per heavy atom. The van der Waals surface area contributed by atoms with Gasteiger partial charge in [0.1, 0.15) is 0 Å². The van der Waals surface area contributed by atoms with E-state index in [0.29, 0.717) is 17.6 Å². The summed E-state index contributed by atoms with van der Waals surface area (Å²) >= 11 is 0. The molecule has 1 heterocycles. The maximum absolute atomic E-state index is 6.17. The highest BCUT2D eigenvalue weighted by Crippen LogP contribution is 2.44. The van der Waals surface area contributed by atoms with Crippen molar-refractivity contribution in [1.82, 2.24) is 4.90 Å². The van der Waals surface area contributed by atoms with Gasteiger partial charge in [-0.15, -0.1) is 0 Å². The smallest absolute Gasteiger partial charge is 0.0579 e. The van der Waals surface area contributed by atoms with Crippen LogP contribution in [-0.2, 0) is 9.47 Å². The van der Waals surface area contributed by atoms with Crippen LogP contribution in [0.1, 0.15) is 58.8 Å². The monoisotopic (exact) mass is 283 g/mol. The Hall–Kier alpha value is -0.120. The predicted octanol–water partition coefficient (Wildman–Crippen LogP) is 3.47. The van der Waals surface area contributed by atoms with Gasteiger partial charge in [-0.05, 0) is 50.9 Å². The number of nitrogens with zero attached hydrogens (tertiary/aromatic N) is 1. The lowest BCUT2D eigenvalue weighted by Gasteiger charge is -2.53. The van der Waals surface area contributed by atoms with Crippen LogP contribution in [0.4, 0.5) is 0 Å². The molecule has 0 aromatic carbocycles. The van der Waals surface area contributed by atoms with Crippen LogP contribution in [0.25, 0.3) is 0 Å². The first-order valence-corrected chi connectivity index (χ1v) is 8.54. The standard InChI is InChI=1S/C17H33NO2/c1-4-6-15(2)20-16-7-9-17(10-8-16)13-18(14-17)11-5-12-19-3/h15-16H,4-14H2,1-3H3. The largest absolute Gasteiger partial charge is 0.385 e. The first kappa shape index (κ1) is 16.3. The molecule has 0 N–H and O–H groups in total. The van der Waals surface area contributed by atoms with Gasteiger partial charge in [-0.2, -0.15) is 0 Å². The van der Waals surface area contributed by atoms with Crippen LogP contribution in [-0.4, -0.2) is 50.5 Å². The maximum Gasteiger partial charge on any atom is 0.0579 e. The molecule has 20 heavy (non-hydrogen) atoms. The summed E-state index contributed by atoms with van der Waals surface area (Å²) < 4.78 is 11.3. The van der Waals surface area contributed by atoms with Crippen molar-refractivity contribution in [2.24, 2.45) is 5.41 Å². The molecule has 0 aromatic rings. The lowest BCUT2D eigenvalue weighted by atomic mass is 9.68. The average molecular weight is 283 g/mol. The van der Waals surface area contributed by atoms with E-state index in [1.54, 1.807) is 7.11 Å². The van der Waals surface area contributed by atoms with E-state index in [1.807, 2.05) is 0 Å². The van der Waals surface area contributed by atoms with Crippen LogP contribution in [0.3, 0.4) is 0 Å². The van der Waals surface area contributed by atoms with Crippen molar-refractivity contribution in [3.8, 4) is 0 Å². The molecule has 0 bridgehead atoms. The van der Waals surface area contributed by atoms with E-state index in [-0.39, 0.29) is 0 Å². The van der Waals surface area contributed by atoms with E-state index < -0.39 is 0 Å². The molecule has 2 aliphatic rings. The van der Waals surface area contributed by atoms with Gasteiger partial charge in [-0.3, -0.25) is 0 Å². The Morgan fingerprint density at radius 1 is 1.25 bits per heavy atom. The third kappa shape index (κ3) is 4.44. The molecule has 1 spiro atoms. The molecule has 1 saturated heterocycles. The summed E-state index contributed by atoms with van der Waals surface area (Å²) in [4.78, 5) is 2.60. The third-order valence-electron chi connectivity index (χ3n) is 5.05. The summed E-state index contributed by atoms with van der Waals surface area (Å²) in [6.07, 6.45) is 9.89. The van der Waals surface area contributed by atoms with Gasteiger partial charge in [0.2, 0.25) is 0 Å². The van der Waals surface area contributed by atoms with Gasteiger partial charge in [0.15, 0.2) is 0 Å². The van der Waals surface area contributed by atoms with Crippen molar-refractivity contribution in [2.75, 3.05) is 33.4 Å². The molecule has 1 unspecified atom stereocenters. The minimum atomic E-state index is 0.450. The van der Waals surface area contributed by atoms with Gasteiger partial charge >= 0.3 is 0 Å². The van der Waals surface area contributed by atoms with E-state index in [4.69, 9.17) is 9.47 Å². The number of methoxy groups -OCH3 is 1. The molecule has 1 saturated carbocycles. The summed E-state index contributed by atoms with van der Waals surface area (Å²) in [6, 6.07) is 0. The highest BCUT2D eigenvalue weighted by molar-refractivity contribution is 4.98. The zero-order valence-electron chi connectivity index (χ0n) is 13.7. The normalized spacial score (nSPS) is 24.8. The van der Waals surface area contributed by atoms with Crippen molar-refractivity contribution >= 4 is 0 Å². The number of hydrogen-bond acceptors (Lipinski definition) is 3. The van der Waals surface area contributed by atoms with Crippen molar-refractivity contribution in [3.05, 3.63) is 0 Å². The van der Waals surface area contributed by atoms with Crippen molar-refractivity contribution < 1.29 is 9.47 Å². The molecule has 1 aliphatic heterocycles. The number of likely N-dealkylation sites (tertiary alicyclic amines) is 1. The van der Waals surface area contributed by atoms with Gasteiger partial charge in [0.25, 0.3) is 0 Å². The Bertz CT molecular complexity index is 266. The van der Waals surface area contributed by atoms with E-state index in [2.05, 4.69) is 18.7 Å². The van der Waals surface area contributed by atoms with E-state index in [1.165, 1.54) is 64.6 Å². The summed E-state index contributed by atoms with van der Waals surface area (Å²) in [6.45, 7) is 9.21. The molecule has 118 valence electrons. The van der Waals surface area contributed by atoms with Crippen molar-refractivity contribution in [3.63, 3.8) is 0 Å². The molecule has 0 radical (unpaired) electrons. The number of rotatable bonds is 8. The van der Waals surface area contributed by atoms with Gasteiger partial charge in [-0.1, -0.05) is 13.3 Å². The first-order valence-electron chi connectivity index (χ1n) is 8.54. The Morgan fingerprint density at radius 2 is 1.95 bits per heavy atom. The minimum Gasteiger partial charge on any atom is -0.385 e. The van der Waals surface area contributed by atoms with Crippen molar-refractivity contribution in [1.29, 1.82) is 0 Å². The first-order chi connectivity index (χ1) is 9.67. The Kier molecular flexibility index (Phi) is 6.31. The van der Waals surface area contributed by atoms with Crippen LogP contribution in [0.2, 0.25) is 0 Å². The fourth-order valence-corrected chi connectivity index (χ4v) is 3.95. The Balaban J connectivity index is 1.61. The molecule has 2 fully saturated rings. The quantitative estimate of drug-likeness (QED) is 0.637. The van der Waals surface area contributed by atoms with Crippen molar-refractivity contribution in [2.45, 2.75) is 71.0 Å². The van der Waals surface area contributed by atoms with E-state index >= 15 is 0 Å². The second-order valence-corrected chi connectivity index (χ2v) is 6.99. The molecule has 0 amide bonds. The topological polar surface area (TPSA) is 21.7 Å². The number of hydrogen-bond donors (Lipinski definition) is 0. The number of ether oxygens (including phenoxy) is 2. The second kappa shape index (κ2) is 7.77. The fourth-order valence-electron chi connectivity index (χ4n) is 3.95. The second-order valence-electron chi connectivity index (χ2n) is 6.99. The van der Waals surface area contributed by atoms with Gasteiger partial charge in [0, 0.05) is 33.4 Å². The molecular weight excluding hydrogens is 250 g/mol. The summed E-state index contributed by atoms with van der Waals surface area (Å²) in [7, 11) is 1.79. The maximum atomic E-state index is 6.17. The van der Waals surface area contributed by atoms with Crippen LogP contribution in [0, 0.1) is 5.41 Å². The van der Waals surface area contributed by atoms with Crippen LogP contribution in [0.15, 0.2) is 0 Å². The predicted molar refractivity (Wildman–Crippen MR) is 83.1 cm³/mol. The van der Waals surface area contributed by atoms with Crippen LogP contribution >= 0.6 is 0 Å². The highest BCUT2D eigenvalue weighted by atomic mass is 16.5. The molecular formula is C17H33NO2. The van der Waals surface area contributed by atoms with Crippen LogP contribution in [0.5, 0.6) is 0 Å². The fraction of sp³-hybridized carbons (Fsp3) is 1.00. The molecule has 1 aliphatic carbocycles. The molecule has 1 atom stereocenters.